The van der Waals surface area contributed by atoms with Crippen molar-refractivity contribution < 1.29 is 19.4 Å². The average Bonchev–Trinajstić information content (AvgIpc) is 2.72. The maximum atomic E-state index is 10.8. The van der Waals surface area contributed by atoms with E-state index in [0.717, 1.165) is 10.9 Å². The molecule has 0 saturated heterocycles. The van der Waals surface area contributed by atoms with E-state index in [1.807, 2.05) is 0 Å². The molecule has 2 aromatic rings. The number of aromatic amines is 1. The Morgan fingerprint density at radius 2 is 2.18 bits per heavy atom. The SMILES string of the molecule is COCCOc1ccc2[nH]c(C(=O)O)cc2c1. The molecule has 1 aromatic carbocycles. The Morgan fingerprint density at radius 3 is 2.88 bits per heavy atom. The van der Waals surface area contributed by atoms with E-state index in [9.17, 15) is 4.79 Å². The lowest BCUT2D eigenvalue weighted by molar-refractivity contribution is 0.0691. The molecule has 0 aliphatic carbocycles. The highest BCUT2D eigenvalue weighted by Gasteiger charge is 2.07. The first-order valence-corrected chi connectivity index (χ1v) is 5.18. The van der Waals surface area contributed by atoms with Crippen molar-refractivity contribution in [3.63, 3.8) is 0 Å². The zero-order chi connectivity index (χ0) is 12.3. The second-order valence-electron chi connectivity index (χ2n) is 3.58. The van der Waals surface area contributed by atoms with Gasteiger partial charge in [-0.05, 0) is 24.3 Å². The third-order valence-electron chi connectivity index (χ3n) is 2.38. The molecule has 0 aliphatic rings. The number of carboxylic acid groups (broad SMARTS) is 1. The third-order valence-corrected chi connectivity index (χ3v) is 2.38. The van der Waals surface area contributed by atoms with Crippen molar-refractivity contribution in [1.82, 2.24) is 4.98 Å². The number of carbonyl (C=O) groups is 1. The fourth-order valence-electron chi connectivity index (χ4n) is 1.56. The van der Waals surface area contributed by atoms with Gasteiger partial charge in [-0.1, -0.05) is 0 Å². The highest BCUT2D eigenvalue weighted by atomic mass is 16.5. The lowest BCUT2D eigenvalue weighted by Gasteiger charge is -2.04. The molecule has 90 valence electrons. The van der Waals surface area contributed by atoms with Crippen LogP contribution >= 0.6 is 0 Å². The fourth-order valence-corrected chi connectivity index (χ4v) is 1.56. The predicted octanol–water partition coefficient (Wildman–Crippen LogP) is 1.89. The monoisotopic (exact) mass is 235 g/mol. The Kier molecular flexibility index (Phi) is 3.30. The Balaban J connectivity index is 2.21. The number of aromatic carboxylic acids is 1. The first-order valence-electron chi connectivity index (χ1n) is 5.18. The summed E-state index contributed by atoms with van der Waals surface area (Å²) in [5, 5.41) is 9.67. The molecule has 0 atom stereocenters. The van der Waals surface area contributed by atoms with Crippen LogP contribution in [0.2, 0.25) is 0 Å². The van der Waals surface area contributed by atoms with Crippen LogP contribution < -0.4 is 4.74 Å². The van der Waals surface area contributed by atoms with Crippen LogP contribution in [0.25, 0.3) is 10.9 Å². The lowest BCUT2D eigenvalue weighted by atomic mass is 10.2. The van der Waals surface area contributed by atoms with Gasteiger partial charge in [0.15, 0.2) is 0 Å². The molecule has 0 fully saturated rings. The molecule has 1 heterocycles. The number of nitrogens with one attached hydrogen (secondary N) is 1. The van der Waals surface area contributed by atoms with Crippen LogP contribution in [0.1, 0.15) is 10.5 Å². The molecule has 0 bridgehead atoms. The number of H-pyrrole nitrogens is 1. The quantitative estimate of drug-likeness (QED) is 0.776. The Morgan fingerprint density at radius 1 is 1.35 bits per heavy atom. The van der Waals surface area contributed by atoms with Crippen LogP contribution in [-0.4, -0.2) is 36.4 Å². The highest BCUT2D eigenvalue weighted by molar-refractivity contribution is 5.94. The Bertz CT molecular complexity index is 532. The topological polar surface area (TPSA) is 71.5 Å². The van der Waals surface area contributed by atoms with Gasteiger partial charge in [-0.3, -0.25) is 0 Å². The van der Waals surface area contributed by atoms with Crippen molar-refractivity contribution in [2.75, 3.05) is 20.3 Å². The van der Waals surface area contributed by atoms with E-state index < -0.39 is 5.97 Å². The molecule has 17 heavy (non-hydrogen) atoms. The van der Waals surface area contributed by atoms with Crippen molar-refractivity contribution in [2.24, 2.45) is 0 Å². The predicted molar refractivity (Wildman–Crippen MR) is 62.6 cm³/mol. The van der Waals surface area contributed by atoms with Gasteiger partial charge in [0, 0.05) is 18.0 Å². The van der Waals surface area contributed by atoms with Gasteiger partial charge in [0.05, 0.1) is 6.61 Å². The molecule has 0 unspecified atom stereocenters. The van der Waals surface area contributed by atoms with E-state index in [-0.39, 0.29) is 5.69 Å². The first-order chi connectivity index (χ1) is 8.20. The van der Waals surface area contributed by atoms with E-state index in [0.29, 0.717) is 19.0 Å². The summed E-state index contributed by atoms with van der Waals surface area (Å²) < 4.78 is 10.3. The summed E-state index contributed by atoms with van der Waals surface area (Å²) in [7, 11) is 1.61. The van der Waals surface area contributed by atoms with Gasteiger partial charge >= 0.3 is 5.97 Å². The summed E-state index contributed by atoms with van der Waals surface area (Å²) in [5.41, 5.74) is 0.954. The number of carboxylic acids is 1. The summed E-state index contributed by atoms with van der Waals surface area (Å²) in [6, 6.07) is 6.97. The molecule has 0 radical (unpaired) electrons. The van der Waals surface area contributed by atoms with Crippen LogP contribution in [0.5, 0.6) is 5.75 Å². The molecule has 2 N–H and O–H groups in total. The standard InChI is InChI=1S/C12H13NO4/c1-16-4-5-17-9-2-3-10-8(6-9)7-11(13-10)12(14)15/h2-3,6-7,13H,4-5H2,1H3,(H,14,15). The highest BCUT2D eigenvalue weighted by Crippen LogP contribution is 2.21. The number of rotatable bonds is 5. The van der Waals surface area contributed by atoms with Crippen molar-refractivity contribution in [2.45, 2.75) is 0 Å². The van der Waals surface area contributed by atoms with Crippen molar-refractivity contribution in [1.29, 1.82) is 0 Å². The molecule has 1 aromatic heterocycles. The molecule has 0 amide bonds. The smallest absolute Gasteiger partial charge is 0.352 e. The van der Waals surface area contributed by atoms with Gasteiger partial charge in [-0.2, -0.15) is 0 Å². The number of benzene rings is 1. The minimum atomic E-state index is -0.969. The molecule has 2 rings (SSSR count). The van der Waals surface area contributed by atoms with E-state index in [4.69, 9.17) is 14.6 Å². The summed E-state index contributed by atoms with van der Waals surface area (Å²) in [4.78, 5) is 13.6. The second-order valence-corrected chi connectivity index (χ2v) is 3.58. The number of ether oxygens (including phenoxy) is 2. The van der Waals surface area contributed by atoms with Crippen LogP contribution in [-0.2, 0) is 4.74 Å². The number of methoxy groups -OCH3 is 1. The molecular formula is C12H13NO4. The molecular weight excluding hydrogens is 222 g/mol. The number of aromatic nitrogens is 1. The summed E-state index contributed by atoms with van der Waals surface area (Å²) in [6.45, 7) is 0.990. The van der Waals surface area contributed by atoms with Gasteiger partial charge in [-0.15, -0.1) is 0 Å². The first kappa shape index (κ1) is 11.5. The van der Waals surface area contributed by atoms with Crippen LogP contribution in [0, 0.1) is 0 Å². The molecule has 0 spiro atoms. The molecule has 0 saturated carbocycles. The van der Waals surface area contributed by atoms with Crippen LogP contribution in [0.3, 0.4) is 0 Å². The number of hydrogen-bond donors (Lipinski definition) is 2. The van der Waals surface area contributed by atoms with Gasteiger partial charge < -0.3 is 19.6 Å². The van der Waals surface area contributed by atoms with E-state index >= 15 is 0 Å². The van der Waals surface area contributed by atoms with Gasteiger partial charge in [0.2, 0.25) is 0 Å². The zero-order valence-corrected chi connectivity index (χ0v) is 9.40. The summed E-state index contributed by atoms with van der Waals surface area (Å²) >= 11 is 0. The number of hydrogen-bond acceptors (Lipinski definition) is 3. The normalized spacial score (nSPS) is 10.6. The lowest BCUT2D eigenvalue weighted by Crippen LogP contribution is -2.03. The molecule has 0 aliphatic heterocycles. The average molecular weight is 235 g/mol. The fraction of sp³-hybridized carbons (Fsp3) is 0.250. The van der Waals surface area contributed by atoms with Crippen LogP contribution in [0.15, 0.2) is 24.3 Å². The van der Waals surface area contributed by atoms with Gasteiger partial charge in [0.1, 0.15) is 18.1 Å². The van der Waals surface area contributed by atoms with Gasteiger partial charge in [0.25, 0.3) is 0 Å². The zero-order valence-electron chi connectivity index (χ0n) is 9.40. The number of fused-ring (bicyclic) bond motifs is 1. The van der Waals surface area contributed by atoms with E-state index in [1.165, 1.54) is 0 Å². The maximum absolute atomic E-state index is 10.8. The summed E-state index contributed by atoms with van der Waals surface area (Å²) in [5.74, 6) is -0.270. The Labute approximate surface area is 98.0 Å². The largest absolute Gasteiger partial charge is 0.491 e. The van der Waals surface area contributed by atoms with E-state index in [1.54, 1.807) is 31.4 Å². The second kappa shape index (κ2) is 4.88. The molecule has 5 nitrogen and oxygen atoms in total. The third kappa shape index (κ3) is 2.57. The van der Waals surface area contributed by atoms with Crippen molar-refractivity contribution in [3.05, 3.63) is 30.0 Å². The van der Waals surface area contributed by atoms with Crippen LogP contribution in [0.4, 0.5) is 0 Å². The minimum Gasteiger partial charge on any atom is -0.491 e. The van der Waals surface area contributed by atoms with Crippen molar-refractivity contribution >= 4 is 16.9 Å². The van der Waals surface area contributed by atoms with E-state index in [2.05, 4.69) is 4.98 Å². The van der Waals surface area contributed by atoms with Gasteiger partial charge in [-0.25, -0.2) is 4.79 Å². The minimum absolute atomic E-state index is 0.175. The summed E-state index contributed by atoms with van der Waals surface area (Å²) in [6.07, 6.45) is 0. The molecule has 5 heteroatoms. The Hall–Kier alpha value is -2.01. The van der Waals surface area contributed by atoms with Crippen molar-refractivity contribution in [3.8, 4) is 5.75 Å². The maximum Gasteiger partial charge on any atom is 0.352 e.